The molecular weight excluding hydrogens is 350 g/mol. The molecule has 26 heavy (non-hydrogen) atoms. The molecular formula is C19H20ClN5O. The monoisotopic (exact) mass is 369 g/mol. The van der Waals surface area contributed by atoms with Gasteiger partial charge in [0.15, 0.2) is 5.65 Å². The quantitative estimate of drug-likeness (QED) is 0.734. The Morgan fingerprint density at radius 3 is 2.65 bits per heavy atom. The van der Waals surface area contributed by atoms with Gasteiger partial charge in [0.05, 0.1) is 0 Å². The highest BCUT2D eigenvalue weighted by molar-refractivity contribution is 6.30. The van der Waals surface area contributed by atoms with Crippen LogP contribution in [0.25, 0.3) is 11.2 Å². The van der Waals surface area contributed by atoms with Gasteiger partial charge in [-0.3, -0.25) is 0 Å². The summed E-state index contributed by atoms with van der Waals surface area (Å²) >= 11 is 5.88. The number of imidazole rings is 1. The maximum Gasteiger partial charge on any atom is 0.321 e. The van der Waals surface area contributed by atoms with E-state index in [4.69, 9.17) is 11.6 Å². The molecule has 1 fully saturated rings. The molecule has 0 radical (unpaired) electrons. The van der Waals surface area contributed by atoms with E-state index in [-0.39, 0.29) is 6.03 Å². The fraction of sp³-hybridized carbons (Fsp3) is 0.316. The van der Waals surface area contributed by atoms with E-state index in [0.717, 1.165) is 35.5 Å². The van der Waals surface area contributed by atoms with Crippen molar-refractivity contribution in [2.45, 2.75) is 25.8 Å². The van der Waals surface area contributed by atoms with Crippen molar-refractivity contribution >= 4 is 34.5 Å². The van der Waals surface area contributed by atoms with E-state index < -0.39 is 0 Å². The van der Waals surface area contributed by atoms with Gasteiger partial charge in [0.25, 0.3) is 0 Å². The molecule has 2 amide bonds. The number of aryl methyl sites for hydroxylation is 1. The molecule has 4 rings (SSSR count). The van der Waals surface area contributed by atoms with Gasteiger partial charge < -0.3 is 14.8 Å². The number of rotatable bonds is 2. The zero-order valence-corrected chi connectivity index (χ0v) is 15.3. The molecule has 1 saturated heterocycles. The third-order valence-electron chi connectivity index (χ3n) is 4.84. The van der Waals surface area contributed by atoms with Crippen molar-refractivity contribution in [3.05, 3.63) is 53.4 Å². The second-order valence-electron chi connectivity index (χ2n) is 6.53. The van der Waals surface area contributed by atoms with Crippen LogP contribution in [-0.4, -0.2) is 38.6 Å². The average molecular weight is 370 g/mol. The van der Waals surface area contributed by atoms with Crippen LogP contribution in [0.15, 0.2) is 42.6 Å². The predicted molar refractivity (Wildman–Crippen MR) is 103 cm³/mol. The molecule has 0 atom stereocenters. The molecule has 0 unspecified atom stereocenters. The number of amides is 2. The molecule has 3 aromatic rings. The number of aromatic nitrogens is 3. The zero-order chi connectivity index (χ0) is 18.1. The second-order valence-corrected chi connectivity index (χ2v) is 6.97. The summed E-state index contributed by atoms with van der Waals surface area (Å²) in [7, 11) is 0. The van der Waals surface area contributed by atoms with Gasteiger partial charge in [0.1, 0.15) is 11.3 Å². The Bertz CT molecular complexity index is 929. The number of fused-ring (bicyclic) bond motifs is 1. The Labute approximate surface area is 156 Å². The van der Waals surface area contributed by atoms with E-state index >= 15 is 0 Å². The molecule has 0 spiro atoms. The smallest absolute Gasteiger partial charge is 0.321 e. The van der Waals surface area contributed by atoms with Crippen molar-refractivity contribution in [3.8, 4) is 0 Å². The largest absolute Gasteiger partial charge is 0.324 e. The molecule has 6 nitrogen and oxygen atoms in total. The molecule has 0 bridgehead atoms. The van der Waals surface area contributed by atoms with E-state index in [9.17, 15) is 4.79 Å². The number of likely N-dealkylation sites (tertiary alicyclic amines) is 1. The summed E-state index contributed by atoms with van der Waals surface area (Å²) in [4.78, 5) is 23.4. The van der Waals surface area contributed by atoms with Crippen molar-refractivity contribution in [1.82, 2.24) is 19.4 Å². The third-order valence-corrected chi connectivity index (χ3v) is 5.09. The van der Waals surface area contributed by atoms with E-state index in [0.29, 0.717) is 24.2 Å². The van der Waals surface area contributed by atoms with Crippen LogP contribution in [0, 0.1) is 6.92 Å². The van der Waals surface area contributed by atoms with Gasteiger partial charge in [-0.2, -0.15) is 0 Å². The average Bonchev–Trinajstić information content (AvgIpc) is 2.99. The Hall–Kier alpha value is -2.60. The van der Waals surface area contributed by atoms with Crippen molar-refractivity contribution in [3.63, 3.8) is 0 Å². The molecule has 1 aliphatic rings. The van der Waals surface area contributed by atoms with Crippen LogP contribution in [0.5, 0.6) is 0 Å². The van der Waals surface area contributed by atoms with Gasteiger partial charge in [-0.1, -0.05) is 11.6 Å². The van der Waals surface area contributed by atoms with Gasteiger partial charge in [0.2, 0.25) is 0 Å². The Balaban J connectivity index is 1.43. The van der Waals surface area contributed by atoms with Crippen LogP contribution in [0.4, 0.5) is 10.5 Å². The highest BCUT2D eigenvalue weighted by Crippen LogP contribution is 2.28. The minimum Gasteiger partial charge on any atom is -0.324 e. The van der Waals surface area contributed by atoms with Crippen molar-refractivity contribution in [2.24, 2.45) is 0 Å². The summed E-state index contributed by atoms with van der Waals surface area (Å²) in [5.74, 6) is 0.975. The lowest BCUT2D eigenvalue weighted by Gasteiger charge is -2.33. The van der Waals surface area contributed by atoms with Gasteiger partial charge in [-0.25, -0.2) is 14.8 Å². The molecule has 1 N–H and O–H groups in total. The van der Waals surface area contributed by atoms with Gasteiger partial charge in [-0.05, 0) is 56.2 Å². The molecule has 134 valence electrons. The van der Waals surface area contributed by atoms with Crippen LogP contribution in [0.1, 0.15) is 24.7 Å². The van der Waals surface area contributed by atoms with E-state index in [2.05, 4.69) is 19.9 Å². The van der Waals surface area contributed by atoms with E-state index in [1.165, 1.54) is 0 Å². The van der Waals surface area contributed by atoms with Crippen LogP contribution >= 0.6 is 11.6 Å². The van der Waals surface area contributed by atoms with Crippen LogP contribution < -0.4 is 5.32 Å². The molecule has 0 saturated carbocycles. The lowest BCUT2D eigenvalue weighted by Crippen LogP contribution is -2.41. The number of halogens is 1. The first-order valence-electron chi connectivity index (χ1n) is 8.73. The van der Waals surface area contributed by atoms with Crippen molar-refractivity contribution in [2.75, 3.05) is 18.4 Å². The minimum atomic E-state index is -0.0730. The lowest BCUT2D eigenvalue weighted by molar-refractivity contribution is 0.184. The first-order chi connectivity index (χ1) is 12.6. The molecule has 1 aliphatic heterocycles. The van der Waals surface area contributed by atoms with E-state index in [1.807, 2.05) is 24.0 Å². The Morgan fingerprint density at radius 2 is 1.92 bits per heavy atom. The number of pyridine rings is 1. The van der Waals surface area contributed by atoms with Crippen LogP contribution in [0.2, 0.25) is 5.02 Å². The maximum atomic E-state index is 12.5. The first kappa shape index (κ1) is 16.8. The molecule has 1 aromatic carbocycles. The lowest BCUT2D eigenvalue weighted by atomic mass is 10.0. The fourth-order valence-electron chi connectivity index (χ4n) is 3.54. The molecule has 0 aliphatic carbocycles. The Morgan fingerprint density at radius 1 is 1.19 bits per heavy atom. The van der Waals surface area contributed by atoms with E-state index in [1.54, 1.807) is 30.5 Å². The fourth-order valence-corrected chi connectivity index (χ4v) is 3.67. The standard InChI is InChI=1S/C19H20ClN5O/c1-13-22-17-3-2-10-21-18(17)25(13)16-8-11-24(12-9-16)19(26)23-15-6-4-14(20)5-7-15/h2-7,10,16H,8-9,11-12H2,1H3,(H,23,26). The SMILES string of the molecule is Cc1nc2cccnc2n1C1CCN(C(=O)Nc2ccc(Cl)cc2)CC1. The van der Waals surface area contributed by atoms with Crippen molar-refractivity contribution in [1.29, 1.82) is 0 Å². The number of anilines is 1. The van der Waals surface area contributed by atoms with Gasteiger partial charge in [0, 0.05) is 36.0 Å². The molecule has 7 heteroatoms. The number of piperidine rings is 1. The van der Waals surface area contributed by atoms with Crippen LogP contribution in [0.3, 0.4) is 0 Å². The number of urea groups is 1. The topological polar surface area (TPSA) is 63.1 Å². The predicted octanol–water partition coefficient (Wildman–Crippen LogP) is 4.26. The normalized spacial score (nSPS) is 15.4. The number of hydrogen-bond donors (Lipinski definition) is 1. The Kier molecular flexibility index (Phi) is 4.51. The summed E-state index contributed by atoms with van der Waals surface area (Å²) in [5, 5.41) is 3.58. The molecule has 3 heterocycles. The second kappa shape index (κ2) is 6.96. The zero-order valence-electron chi connectivity index (χ0n) is 14.5. The highest BCUT2D eigenvalue weighted by atomic mass is 35.5. The number of carbonyl (C=O) groups is 1. The first-order valence-corrected chi connectivity index (χ1v) is 9.10. The third kappa shape index (κ3) is 3.24. The number of benzene rings is 1. The minimum absolute atomic E-state index is 0.0730. The number of nitrogens with zero attached hydrogens (tertiary/aromatic N) is 4. The summed E-state index contributed by atoms with van der Waals surface area (Å²) in [6, 6.07) is 11.3. The summed E-state index contributed by atoms with van der Waals surface area (Å²) in [5.41, 5.74) is 2.60. The van der Waals surface area contributed by atoms with Crippen molar-refractivity contribution < 1.29 is 4.79 Å². The number of hydrogen-bond acceptors (Lipinski definition) is 3. The van der Waals surface area contributed by atoms with Crippen LogP contribution in [-0.2, 0) is 0 Å². The van der Waals surface area contributed by atoms with Gasteiger partial charge >= 0.3 is 6.03 Å². The molecule has 2 aromatic heterocycles. The number of carbonyl (C=O) groups excluding carboxylic acids is 1. The number of nitrogens with one attached hydrogen (secondary N) is 1. The van der Waals surface area contributed by atoms with Gasteiger partial charge in [-0.15, -0.1) is 0 Å². The maximum absolute atomic E-state index is 12.5. The summed E-state index contributed by atoms with van der Waals surface area (Å²) in [6.45, 7) is 3.42. The summed E-state index contributed by atoms with van der Waals surface area (Å²) < 4.78 is 2.21. The summed E-state index contributed by atoms with van der Waals surface area (Å²) in [6.07, 6.45) is 3.57. The highest BCUT2D eigenvalue weighted by Gasteiger charge is 2.26.